The second kappa shape index (κ2) is 84.2. The molecule has 0 radical (unpaired) electrons. The molecule has 21 aliphatic heterocycles. The van der Waals surface area contributed by atoms with E-state index >= 15 is 0 Å². The van der Waals surface area contributed by atoms with Crippen LogP contribution in [0.25, 0.3) is 0 Å². The topological polar surface area (TPSA) is 962 Å². The molecule has 756 valence electrons. The number of carboxylic acid groups (broad SMARTS) is 14. The van der Waals surface area contributed by atoms with Gasteiger partial charge in [0.2, 0.25) is 0 Å². The largest absolute Gasteiger partial charge is 1.00 e. The molecule has 63 nitrogen and oxygen atoms in total. The van der Waals surface area contributed by atoms with Crippen molar-refractivity contribution in [1.29, 1.82) is 0 Å². The standard InChI is InChI=1S/C70H98O63.14Na/c71-1-22-43-50(106-8-29(78)79)57(113-15-36(92)93)64(120-22)128-44-23(2-72)122-66(59(115-17-38(96)97)51(44)107-9-30(80)81)130-46-25(4-74)124-68(61(117-19-40(100)101)53(46)109-11-32(84)85)132-48-27(6-76)126-70(63(119-21-42(104)105)55(48)111-13-34(88)89)133-49-28(7-77)125-69(62(118-20-41(102)103)56(49)112-14-35(90)91)131-47-26(5-75)123-67(60(116-18-39(98)99)54(47)110-12-33(86)87)129-45-24(3-73)121-65(127-43)58(114-16-37(94)95)52(45)108-10-31(82)83;;;;;;;;;;;;;;/h22-28,43-77H,1-21H2,(H,78,79)(H,80,81)(H,82,83)(H,84,85)(H,86,87)(H,88,89)(H,90,91)(H,92,93)(H,94,95)(H,96,97)(H,98,99)(H,100,101)(H,102,103)(H,104,105);;;;;;;;;;;;;;/q;14*+1/p-14/t22-,23-,24-,25-,26+,27+,28+,43-,44-,45-,46-,47?,48?,49?,50+,51+,52+,53+,54+,55+,56+,57-,58-,59-,60-,61-,62-,63-,64?,65-,66?,67+,68+,69?,70?;;;;;;;;;;;;;;/m0............../s1. The zero-order valence-electron chi connectivity index (χ0n) is 82.0. The van der Waals surface area contributed by atoms with Gasteiger partial charge in [0.1, 0.15) is 171 Å². The summed E-state index contributed by atoms with van der Waals surface area (Å²) in [6.45, 7) is -35.6. The molecule has 0 aromatic carbocycles. The van der Waals surface area contributed by atoms with Crippen molar-refractivity contribution in [1.82, 2.24) is 0 Å². The van der Waals surface area contributed by atoms with Crippen molar-refractivity contribution < 1.29 is 721 Å². The first kappa shape index (κ1) is 165. The fourth-order valence-corrected chi connectivity index (χ4v) is 15.0. The number of ether oxygens (including phenoxy) is 28. The van der Waals surface area contributed by atoms with Crippen molar-refractivity contribution in [3.8, 4) is 0 Å². The smallest absolute Gasteiger partial charge is 0.548 e. The number of aliphatic hydroxyl groups excluding tert-OH is 7. The molecule has 7 unspecified atom stereocenters. The SMILES string of the molecule is O=C([O-])CO[C@H]1[C@H](OCC(=O)[O-])[C@H]2OC3[C@@H](OCC(=O)[O-])[C@H](OCC(=O)[O-])C(OC4[C@@H](OCC(=O)[O-])[C@H](OCC(=O)[O-])C(OC5[C@@H](OCC(=O)[O-])[C@H](OCC(=O)[O-])[C@@H](O[C@@H]6[C@@H](OCC(=O)[O-])[C@H](OCC(=O)[O-])[C@H](O[C@@H]7[C@@H](OCC(=O)[O-])[C@H](OCC(=O)[O-])C(O[C@@H]8[C@@H](OCC(=O)[O-])[C@H](OCC(=O)[O-])C(O[C@H]1[C@H](CO)O2)O[C@H]8CO)O[C@H]7CO)O[C@H]6CO)O[C@@H]5CO)O[C@@H]4CO)O[C@@H]3CO.[Na+].[Na+].[Na+].[Na+].[Na+].[Na+].[Na+].[Na+].[Na+].[Na+].[Na+].[Na+].[Na+].[Na+]. The van der Waals surface area contributed by atoms with E-state index in [1.54, 1.807) is 0 Å². The molecule has 35 atom stereocenters. The van der Waals surface area contributed by atoms with E-state index in [4.69, 9.17) is 133 Å². The van der Waals surface area contributed by atoms with Gasteiger partial charge in [-0.15, -0.1) is 0 Å². The zero-order valence-corrected chi connectivity index (χ0v) is 110. The number of aliphatic carboxylic acids is 14. The van der Waals surface area contributed by atoms with Gasteiger partial charge in [-0.3, -0.25) is 0 Å². The Morgan fingerprint density at radius 2 is 0.218 bits per heavy atom. The molecule has 0 spiro atoms. The van der Waals surface area contributed by atoms with E-state index in [9.17, 15) is 174 Å². The summed E-state index contributed by atoms with van der Waals surface area (Å²) in [6.07, 6.45) is -90.4. The van der Waals surface area contributed by atoms with Crippen LogP contribution in [-0.2, 0) is 200 Å². The van der Waals surface area contributed by atoms with Gasteiger partial charge in [0, 0.05) is 0 Å². The van der Waals surface area contributed by atoms with Crippen LogP contribution in [0.1, 0.15) is 0 Å². The summed E-state index contributed by atoms with van der Waals surface area (Å²) < 4.78 is 165. The molecule has 0 aromatic heterocycles. The average molecular weight is 2260 g/mol. The number of rotatable bonds is 49. The Hall–Kier alpha value is 5.18. The summed E-state index contributed by atoms with van der Waals surface area (Å²) in [7, 11) is 0. The summed E-state index contributed by atoms with van der Waals surface area (Å²) in [5.41, 5.74) is 0. The normalized spacial score (nSPS) is 33.1. The van der Waals surface area contributed by atoms with Crippen molar-refractivity contribution in [2.75, 3.05) is 139 Å². The number of hydrogen-bond donors (Lipinski definition) is 7. The minimum Gasteiger partial charge on any atom is -0.548 e. The van der Waals surface area contributed by atoms with E-state index in [0.29, 0.717) is 0 Å². The van der Waals surface area contributed by atoms with Crippen LogP contribution in [-0.4, -0.2) is 473 Å². The molecule has 21 aliphatic rings. The molecule has 0 aliphatic carbocycles. The minimum atomic E-state index is -2.72. The summed E-state index contributed by atoms with van der Waals surface area (Å²) in [6, 6.07) is 0. The molecule has 21 fully saturated rings. The van der Waals surface area contributed by atoms with E-state index in [0.717, 1.165) is 0 Å². The summed E-state index contributed by atoms with van der Waals surface area (Å²) in [4.78, 5) is 175. The van der Waals surface area contributed by atoms with Crippen LogP contribution in [0.2, 0.25) is 0 Å². The van der Waals surface area contributed by atoms with E-state index in [1.807, 2.05) is 0 Å². The third-order valence-electron chi connectivity index (χ3n) is 19.9. The summed E-state index contributed by atoms with van der Waals surface area (Å²) in [5, 5.41) is 255. The molecular formula is C70H84Na14O63. The van der Waals surface area contributed by atoms with Crippen LogP contribution in [0.3, 0.4) is 0 Å². The van der Waals surface area contributed by atoms with Crippen LogP contribution in [0.4, 0.5) is 0 Å². The van der Waals surface area contributed by atoms with E-state index in [1.165, 1.54) is 0 Å². The Bertz CT molecular complexity index is 3230. The molecule has 0 aromatic rings. The maximum absolute atomic E-state index is 12.5. The fraction of sp³-hybridized carbons (Fsp3) is 0.800. The van der Waals surface area contributed by atoms with Crippen LogP contribution in [0.15, 0.2) is 0 Å². The average Bonchev–Trinajstić information content (AvgIpc) is 0.924. The summed E-state index contributed by atoms with van der Waals surface area (Å²) >= 11 is 0. The maximum atomic E-state index is 12.5. The first-order valence-corrected chi connectivity index (χ1v) is 39.0. The Morgan fingerprint density at radius 1 is 0.143 bits per heavy atom. The molecule has 7 N–H and O–H groups in total. The predicted octanol–water partition coefficient (Wildman–Crippen LogP) is -74.3. The third-order valence-corrected chi connectivity index (χ3v) is 19.9. The van der Waals surface area contributed by atoms with Crippen molar-refractivity contribution in [2.45, 2.75) is 215 Å². The molecular weight excluding hydrogens is 2170 g/mol. The van der Waals surface area contributed by atoms with Gasteiger partial charge in [0.15, 0.2) is 44.0 Å². The number of carbonyl (C=O) groups excluding carboxylic acids is 14. The number of hydrogen-bond acceptors (Lipinski definition) is 63. The Morgan fingerprint density at radius 3 is 0.286 bits per heavy atom. The second-order valence-corrected chi connectivity index (χ2v) is 28.9. The van der Waals surface area contributed by atoms with Crippen LogP contribution in [0.5, 0.6) is 0 Å². The first-order chi connectivity index (χ1) is 63.2. The third kappa shape index (κ3) is 50.9. The summed E-state index contributed by atoms with van der Waals surface area (Å²) in [5.74, 6) is -31.1. The first-order valence-electron chi connectivity index (χ1n) is 39.0. The van der Waals surface area contributed by atoms with Crippen molar-refractivity contribution in [3.05, 3.63) is 0 Å². The fourth-order valence-electron chi connectivity index (χ4n) is 15.0. The molecule has 14 bridgehead atoms. The Labute approximate surface area is 1140 Å². The molecule has 77 heteroatoms. The Balaban J connectivity index is -0.00000280. The molecule has 21 rings (SSSR count). The number of carboxylic acids is 14. The monoisotopic (exact) mass is 2250 g/mol. The van der Waals surface area contributed by atoms with Gasteiger partial charge in [-0.1, -0.05) is 0 Å². The van der Waals surface area contributed by atoms with Gasteiger partial charge in [-0.05, 0) is 0 Å². The van der Waals surface area contributed by atoms with Gasteiger partial charge < -0.3 is 307 Å². The molecule has 147 heavy (non-hydrogen) atoms. The van der Waals surface area contributed by atoms with E-state index in [2.05, 4.69) is 0 Å². The van der Waals surface area contributed by atoms with Crippen molar-refractivity contribution in [3.63, 3.8) is 0 Å². The zero-order chi connectivity index (χ0) is 97.9. The molecule has 0 amide bonds. The van der Waals surface area contributed by atoms with E-state index < -0.39 is 437 Å². The van der Waals surface area contributed by atoms with Crippen LogP contribution < -0.4 is 485 Å². The van der Waals surface area contributed by atoms with Gasteiger partial charge in [-0.2, -0.15) is 0 Å². The number of carbonyl (C=O) groups is 14. The predicted molar refractivity (Wildman–Crippen MR) is 351 cm³/mol. The minimum absolute atomic E-state index is 0. The van der Waals surface area contributed by atoms with Crippen LogP contribution in [0, 0.1) is 0 Å². The molecule has 21 saturated heterocycles. The molecule has 21 heterocycles. The quantitative estimate of drug-likeness (QED) is 0.0278. The maximum Gasteiger partial charge on any atom is 1.00 e. The van der Waals surface area contributed by atoms with Gasteiger partial charge >= 0.3 is 414 Å². The van der Waals surface area contributed by atoms with Gasteiger partial charge in [0.05, 0.1) is 222 Å². The number of aliphatic hydroxyl groups is 7. The molecule has 0 saturated carbocycles. The van der Waals surface area contributed by atoms with Gasteiger partial charge in [-0.25, -0.2) is 0 Å². The van der Waals surface area contributed by atoms with E-state index in [-0.39, 0.29) is 414 Å². The van der Waals surface area contributed by atoms with Crippen molar-refractivity contribution in [2.24, 2.45) is 0 Å². The van der Waals surface area contributed by atoms with Gasteiger partial charge in [0.25, 0.3) is 0 Å². The second-order valence-electron chi connectivity index (χ2n) is 28.9. The Kier molecular flexibility index (Phi) is 94.6. The van der Waals surface area contributed by atoms with Crippen molar-refractivity contribution >= 4 is 83.6 Å². The van der Waals surface area contributed by atoms with Crippen LogP contribution >= 0.6 is 0 Å².